The summed E-state index contributed by atoms with van der Waals surface area (Å²) < 4.78 is 4.54. The molecule has 1 aromatic carbocycles. The van der Waals surface area contributed by atoms with Crippen LogP contribution in [0.25, 0.3) is 0 Å². The van der Waals surface area contributed by atoms with Crippen LogP contribution in [0.3, 0.4) is 0 Å². The van der Waals surface area contributed by atoms with Crippen LogP contribution in [0.2, 0.25) is 0 Å². The van der Waals surface area contributed by atoms with Crippen molar-refractivity contribution in [2.24, 2.45) is 4.99 Å². The number of anilines is 1. The van der Waals surface area contributed by atoms with Gasteiger partial charge >= 0.3 is 6.09 Å². The SMILES string of the molecule is CCN(CCO)c1ccc(N=C2C=C(NC(=O)OC)C(=O)C(Cl)=C2C)c(C)c1. The average Bonchev–Trinajstić information content (AvgIpc) is 2.69. The molecule has 28 heavy (non-hydrogen) atoms. The Labute approximate surface area is 169 Å². The third kappa shape index (κ3) is 4.79. The van der Waals surface area contributed by atoms with E-state index in [4.69, 9.17) is 11.6 Å². The van der Waals surface area contributed by atoms with Crippen LogP contribution in [-0.2, 0) is 9.53 Å². The van der Waals surface area contributed by atoms with E-state index in [1.807, 2.05) is 32.0 Å². The molecule has 7 nitrogen and oxygen atoms in total. The first-order valence-corrected chi connectivity index (χ1v) is 9.23. The molecule has 0 saturated carbocycles. The van der Waals surface area contributed by atoms with Gasteiger partial charge in [0.1, 0.15) is 0 Å². The van der Waals surface area contributed by atoms with Crippen LogP contribution in [0.4, 0.5) is 16.2 Å². The van der Waals surface area contributed by atoms with E-state index in [9.17, 15) is 14.7 Å². The number of rotatable bonds is 6. The summed E-state index contributed by atoms with van der Waals surface area (Å²) in [5.41, 5.74) is 3.65. The molecule has 0 bridgehead atoms. The number of aryl methyl sites for hydroxylation is 1. The lowest BCUT2D eigenvalue weighted by Crippen LogP contribution is -2.30. The molecular weight excluding hydrogens is 382 g/mol. The lowest BCUT2D eigenvalue weighted by atomic mass is 10.0. The maximum absolute atomic E-state index is 12.3. The first-order chi connectivity index (χ1) is 13.3. The number of amides is 1. The number of halogens is 1. The van der Waals surface area contributed by atoms with Crippen molar-refractivity contribution in [1.82, 2.24) is 5.32 Å². The third-order valence-electron chi connectivity index (χ3n) is 4.40. The Kier molecular flexibility index (Phi) is 7.37. The first kappa shape index (κ1) is 21.7. The fraction of sp³-hybridized carbons (Fsp3) is 0.350. The number of Topliss-reactive ketones (excluding diaryl/α,β-unsaturated/α-hetero) is 1. The van der Waals surface area contributed by atoms with Crippen molar-refractivity contribution in [3.8, 4) is 0 Å². The van der Waals surface area contributed by atoms with E-state index in [1.54, 1.807) is 6.92 Å². The summed E-state index contributed by atoms with van der Waals surface area (Å²) >= 11 is 6.15. The molecule has 0 saturated heterocycles. The molecule has 0 atom stereocenters. The van der Waals surface area contributed by atoms with E-state index >= 15 is 0 Å². The number of allylic oxidation sites excluding steroid dienone is 3. The number of carbonyl (C=O) groups excluding carboxylic acids is 2. The average molecular weight is 406 g/mol. The minimum Gasteiger partial charge on any atom is -0.453 e. The number of benzene rings is 1. The van der Waals surface area contributed by atoms with Gasteiger partial charge in [-0.3, -0.25) is 10.1 Å². The molecule has 0 heterocycles. The van der Waals surface area contributed by atoms with Crippen LogP contribution in [0.15, 0.2) is 45.6 Å². The van der Waals surface area contributed by atoms with Gasteiger partial charge in [0.2, 0.25) is 5.78 Å². The molecule has 2 rings (SSSR count). The van der Waals surface area contributed by atoms with Gasteiger partial charge < -0.3 is 14.7 Å². The maximum atomic E-state index is 12.3. The van der Waals surface area contributed by atoms with Gasteiger partial charge in [0.05, 0.1) is 35.8 Å². The summed E-state index contributed by atoms with van der Waals surface area (Å²) in [4.78, 5) is 30.4. The molecule has 0 spiro atoms. The van der Waals surface area contributed by atoms with Gasteiger partial charge in [-0.1, -0.05) is 11.6 Å². The predicted octanol–water partition coefficient (Wildman–Crippen LogP) is 3.22. The zero-order valence-corrected chi connectivity index (χ0v) is 17.1. The number of nitrogens with one attached hydrogen (secondary N) is 1. The van der Waals surface area contributed by atoms with Gasteiger partial charge in [0, 0.05) is 18.8 Å². The number of methoxy groups -OCH3 is 1. The number of hydrogen-bond donors (Lipinski definition) is 2. The predicted molar refractivity (Wildman–Crippen MR) is 110 cm³/mol. The molecule has 8 heteroatoms. The van der Waals surface area contributed by atoms with E-state index in [2.05, 4.69) is 19.9 Å². The van der Waals surface area contributed by atoms with Crippen LogP contribution in [0.5, 0.6) is 0 Å². The van der Waals surface area contributed by atoms with E-state index in [0.717, 1.165) is 17.8 Å². The second-order valence-corrected chi connectivity index (χ2v) is 6.59. The number of likely N-dealkylation sites (N-methyl/N-ethyl adjacent to an activating group) is 1. The van der Waals surface area contributed by atoms with Gasteiger partial charge in [-0.15, -0.1) is 0 Å². The van der Waals surface area contributed by atoms with E-state index in [0.29, 0.717) is 23.5 Å². The zero-order chi connectivity index (χ0) is 20.8. The summed E-state index contributed by atoms with van der Waals surface area (Å²) in [6.07, 6.45) is 0.727. The fourth-order valence-electron chi connectivity index (χ4n) is 2.76. The number of ether oxygens (including phenoxy) is 1. The van der Waals surface area contributed by atoms with Crippen LogP contribution < -0.4 is 10.2 Å². The summed E-state index contributed by atoms with van der Waals surface area (Å²) in [7, 11) is 1.21. The smallest absolute Gasteiger partial charge is 0.411 e. The van der Waals surface area contributed by atoms with Gasteiger partial charge in [-0.25, -0.2) is 9.79 Å². The molecule has 2 N–H and O–H groups in total. The van der Waals surface area contributed by atoms with Gasteiger partial charge in [-0.2, -0.15) is 0 Å². The monoisotopic (exact) mass is 405 g/mol. The lowest BCUT2D eigenvalue weighted by molar-refractivity contribution is -0.112. The van der Waals surface area contributed by atoms with Crippen LogP contribution >= 0.6 is 11.6 Å². The summed E-state index contributed by atoms with van der Waals surface area (Å²) in [5, 5.41) is 11.6. The molecule has 0 fully saturated rings. The highest BCUT2D eigenvalue weighted by molar-refractivity contribution is 6.49. The number of aliphatic hydroxyl groups excluding tert-OH is 1. The van der Waals surface area contributed by atoms with Crippen molar-refractivity contribution in [3.05, 3.63) is 46.1 Å². The Morgan fingerprint density at radius 2 is 2.07 bits per heavy atom. The molecule has 1 amide bonds. The Morgan fingerprint density at radius 3 is 2.64 bits per heavy atom. The molecule has 1 aliphatic carbocycles. The second-order valence-electron chi connectivity index (χ2n) is 6.21. The Morgan fingerprint density at radius 1 is 1.36 bits per heavy atom. The topological polar surface area (TPSA) is 91.2 Å². The molecular formula is C20H24ClN3O4. The van der Waals surface area contributed by atoms with Crippen LogP contribution in [0, 0.1) is 6.92 Å². The van der Waals surface area contributed by atoms with Crippen molar-refractivity contribution >= 4 is 40.6 Å². The third-order valence-corrected chi connectivity index (χ3v) is 4.85. The molecule has 0 aromatic heterocycles. The quantitative estimate of drug-likeness (QED) is 0.709. The fourth-order valence-corrected chi connectivity index (χ4v) is 2.96. The summed E-state index contributed by atoms with van der Waals surface area (Å²) in [6, 6.07) is 5.79. The Hall–Kier alpha value is -2.64. The molecule has 0 unspecified atom stereocenters. The van der Waals surface area contributed by atoms with Gasteiger partial charge in [-0.05, 0) is 56.2 Å². The molecule has 1 aliphatic rings. The zero-order valence-electron chi connectivity index (χ0n) is 16.4. The highest BCUT2D eigenvalue weighted by Gasteiger charge is 2.25. The molecule has 0 radical (unpaired) electrons. The van der Waals surface area contributed by atoms with Crippen LogP contribution in [0.1, 0.15) is 19.4 Å². The number of aliphatic imine (C=N–C) groups is 1. The number of aliphatic hydroxyl groups is 1. The van der Waals surface area contributed by atoms with Gasteiger partial charge in [0.25, 0.3) is 0 Å². The molecule has 1 aromatic rings. The van der Waals surface area contributed by atoms with Crippen molar-refractivity contribution in [2.45, 2.75) is 20.8 Å². The van der Waals surface area contributed by atoms with Crippen molar-refractivity contribution in [3.63, 3.8) is 0 Å². The largest absolute Gasteiger partial charge is 0.453 e. The summed E-state index contributed by atoms with van der Waals surface area (Å²) in [5.74, 6) is -0.488. The van der Waals surface area contributed by atoms with Crippen molar-refractivity contribution < 1.29 is 19.4 Å². The van der Waals surface area contributed by atoms with Gasteiger partial charge in [0.15, 0.2) is 0 Å². The number of ketones is 1. The minimum atomic E-state index is -0.757. The van der Waals surface area contributed by atoms with E-state index in [1.165, 1.54) is 13.2 Å². The van der Waals surface area contributed by atoms with E-state index in [-0.39, 0.29) is 17.3 Å². The first-order valence-electron chi connectivity index (χ1n) is 8.85. The maximum Gasteiger partial charge on any atom is 0.411 e. The lowest BCUT2D eigenvalue weighted by Gasteiger charge is -2.23. The van der Waals surface area contributed by atoms with Crippen LogP contribution in [-0.4, -0.2) is 49.5 Å². The standard InChI is InChI=1S/C20H24ClN3O4/c1-5-24(8-9-25)14-6-7-15(12(2)10-14)22-16-11-17(23-20(27)28-4)19(26)18(21)13(16)3/h6-7,10-11,25H,5,8-9H2,1-4H3,(H,23,27). The Balaban J connectivity index is 2.41. The number of nitrogens with zero attached hydrogens (tertiary/aromatic N) is 2. The van der Waals surface area contributed by atoms with Crippen molar-refractivity contribution in [1.29, 1.82) is 0 Å². The second kappa shape index (κ2) is 9.52. The Bertz CT molecular complexity index is 874. The summed E-state index contributed by atoms with van der Waals surface area (Å²) in [6.45, 7) is 7.06. The normalized spacial score (nSPS) is 15.6. The van der Waals surface area contributed by atoms with Crippen molar-refractivity contribution in [2.75, 3.05) is 31.7 Å². The number of hydrogen-bond acceptors (Lipinski definition) is 6. The molecule has 150 valence electrons. The highest BCUT2D eigenvalue weighted by atomic mass is 35.5. The van der Waals surface area contributed by atoms with E-state index < -0.39 is 11.9 Å². The number of carbonyl (C=O) groups is 2. The highest BCUT2D eigenvalue weighted by Crippen LogP contribution is 2.28. The minimum absolute atomic E-state index is 0.00188. The molecule has 0 aliphatic heterocycles. The number of alkyl carbamates (subject to hydrolysis) is 1.